The molecule has 0 saturated carbocycles. The highest BCUT2D eigenvalue weighted by Crippen LogP contribution is 2.41. The third kappa shape index (κ3) is 3.43. The molecular formula is C17H21BrO3. The third-order valence-electron chi connectivity index (χ3n) is 4.11. The molecule has 114 valence electrons. The second kappa shape index (κ2) is 6.84. The largest absolute Gasteiger partial charge is 0.486 e. The molecular weight excluding hydrogens is 332 g/mol. The Bertz CT molecular complexity index is 539. The number of ether oxygens (including phenoxy) is 2. The van der Waals surface area contributed by atoms with E-state index in [0.29, 0.717) is 13.2 Å². The van der Waals surface area contributed by atoms with Gasteiger partial charge in [0.2, 0.25) is 0 Å². The molecule has 0 bridgehead atoms. The highest BCUT2D eigenvalue weighted by Gasteiger charge is 2.21. The van der Waals surface area contributed by atoms with Crippen LogP contribution in [0.5, 0.6) is 11.5 Å². The first-order valence-corrected chi connectivity index (χ1v) is 8.51. The molecule has 21 heavy (non-hydrogen) atoms. The van der Waals surface area contributed by atoms with Crippen LogP contribution in [0.25, 0.3) is 0 Å². The molecule has 0 spiro atoms. The second-order valence-electron chi connectivity index (χ2n) is 5.66. The predicted octanol–water partition coefficient (Wildman–Crippen LogP) is 4.53. The van der Waals surface area contributed by atoms with Crippen molar-refractivity contribution < 1.29 is 14.6 Å². The van der Waals surface area contributed by atoms with Gasteiger partial charge in [-0.25, -0.2) is 0 Å². The fourth-order valence-electron chi connectivity index (χ4n) is 2.97. The summed E-state index contributed by atoms with van der Waals surface area (Å²) >= 11 is 3.52. The smallest absolute Gasteiger partial charge is 0.175 e. The van der Waals surface area contributed by atoms with E-state index in [-0.39, 0.29) is 0 Å². The van der Waals surface area contributed by atoms with E-state index in [9.17, 15) is 5.11 Å². The van der Waals surface area contributed by atoms with Crippen molar-refractivity contribution in [3.8, 4) is 11.5 Å². The van der Waals surface area contributed by atoms with Crippen molar-refractivity contribution in [2.24, 2.45) is 0 Å². The highest BCUT2D eigenvalue weighted by atomic mass is 79.9. The summed E-state index contributed by atoms with van der Waals surface area (Å²) in [6, 6.07) is 3.85. The Morgan fingerprint density at radius 2 is 1.86 bits per heavy atom. The average molecular weight is 353 g/mol. The lowest BCUT2D eigenvalue weighted by Crippen LogP contribution is -2.16. The van der Waals surface area contributed by atoms with Crippen LogP contribution in [0.15, 0.2) is 28.3 Å². The minimum absolute atomic E-state index is 0.546. The summed E-state index contributed by atoms with van der Waals surface area (Å²) in [4.78, 5) is 0. The van der Waals surface area contributed by atoms with Crippen LogP contribution in [-0.2, 0) is 0 Å². The van der Waals surface area contributed by atoms with Gasteiger partial charge in [0.15, 0.2) is 11.5 Å². The van der Waals surface area contributed by atoms with Crippen LogP contribution in [-0.4, -0.2) is 18.3 Å². The normalized spacial score (nSPS) is 22.7. The van der Waals surface area contributed by atoms with Crippen molar-refractivity contribution in [3.05, 3.63) is 33.8 Å². The second-order valence-corrected chi connectivity index (χ2v) is 6.52. The van der Waals surface area contributed by atoms with Crippen LogP contribution >= 0.6 is 15.9 Å². The van der Waals surface area contributed by atoms with E-state index >= 15 is 0 Å². The number of hydrogen-bond acceptors (Lipinski definition) is 3. The van der Waals surface area contributed by atoms with E-state index in [2.05, 4.69) is 22.0 Å². The number of fused-ring (bicyclic) bond motifs is 1. The summed E-state index contributed by atoms with van der Waals surface area (Å²) in [5.41, 5.74) is 2.01. The number of allylic oxidation sites excluding steroid dienone is 1. The van der Waals surface area contributed by atoms with Crippen LogP contribution in [0, 0.1) is 0 Å². The molecule has 3 nitrogen and oxygen atoms in total. The molecule has 0 amide bonds. The summed E-state index contributed by atoms with van der Waals surface area (Å²) < 4.78 is 12.1. The SMILES string of the molecule is OC(/C1=C/CCCCCC1)c1cc(Br)c2c(c1)OCCO2. The average Bonchev–Trinajstić information content (AvgIpc) is 2.46. The minimum Gasteiger partial charge on any atom is -0.486 e. The molecule has 0 saturated heterocycles. The molecule has 4 heteroatoms. The van der Waals surface area contributed by atoms with Crippen molar-refractivity contribution in [1.29, 1.82) is 0 Å². The van der Waals surface area contributed by atoms with Crippen molar-refractivity contribution in [3.63, 3.8) is 0 Å². The number of aliphatic hydroxyl groups is 1. The molecule has 1 atom stereocenters. The molecule has 1 aliphatic heterocycles. The molecule has 1 aliphatic carbocycles. The number of benzene rings is 1. The van der Waals surface area contributed by atoms with E-state index in [4.69, 9.17) is 9.47 Å². The standard InChI is InChI=1S/C17H21BrO3/c18-14-10-13(11-15-17(14)21-9-8-20-15)16(19)12-6-4-2-1-3-5-7-12/h6,10-11,16,19H,1-5,7-9H2/b12-6+. The molecule has 1 aromatic rings. The zero-order valence-corrected chi connectivity index (χ0v) is 13.7. The van der Waals surface area contributed by atoms with Crippen LogP contribution in [0.4, 0.5) is 0 Å². The third-order valence-corrected chi connectivity index (χ3v) is 4.70. The topological polar surface area (TPSA) is 38.7 Å². The summed E-state index contributed by atoms with van der Waals surface area (Å²) in [5.74, 6) is 1.46. The summed E-state index contributed by atoms with van der Waals surface area (Å²) in [7, 11) is 0. The van der Waals surface area contributed by atoms with Gasteiger partial charge in [0.05, 0.1) is 4.47 Å². The Morgan fingerprint density at radius 3 is 2.76 bits per heavy atom. The van der Waals surface area contributed by atoms with Gasteiger partial charge in [-0.3, -0.25) is 0 Å². The van der Waals surface area contributed by atoms with Gasteiger partial charge in [-0.15, -0.1) is 0 Å². The highest BCUT2D eigenvalue weighted by molar-refractivity contribution is 9.10. The Hall–Kier alpha value is -1.00. The number of rotatable bonds is 2. The Kier molecular flexibility index (Phi) is 4.86. The molecule has 0 radical (unpaired) electrons. The van der Waals surface area contributed by atoms with E-state index in [1.54, 1.807) is 0 Å². The van der Waals surface area contributed by atoms with Gasteiger partial charge < -0.3 is 14.6 Å². The Balaban J connectivity index is 1.86. The number of halogens is 1. The fourth-order valence-corrected chi connectivity index (χ4v) is 3.54. The number of hydrogen-bond donors (Lipinski definition) is 1. The van der Waals surface area contributed by atoms with Crippen LogP contribution in [0.2, 0.25) is 0 Å². The zero-order chi connectivity index (χ0) is 14.7. The van der Waals surface area contributed by atoms with Crippen molar-refractivity contribution >= 4 is 15.9 Å². The molecule has 2 aliphatic rings. The summed E-state index contributed by atoms with van der Waals surface area (Å²) in [6.45, 7) is 1.13. The van der Waals surface area contributed by atoms with Gasteiger partial charge in [-0.2, -0.15) is 0 Å². The van der Waals surface area contributed by atoms with Gasteiger partial charge in [0, 0.05) is 0 Å². The monoisotopic (exact) mass is 352 g/mol. The van der Waals surface area contributed by atoms with E-state index in [1.807, 2.05) is 12.1 Å². The van der Waals surface area contributed by atoms with Gasteiger partial charge in [-0.1, -0.05) is 18.9 Å². The lowest BCUT2D eigenvalue weighted by Gasteiger charge is -2.23. The van der Waals surface area contributed by atoms with Gasteiger partial charge in [0.25, 0.3) is 0 Å². The van der Waals surface area contributed by atoms with E-state index in [1.165, 1.54) is 19.3 Å². The van der Waals surface area contributed by atoms with E-state index < -0.39 is 6.10 Å². The summed E-state index contributed by atoms with van der Waals surface area (Å²) in [6.07, 6.45) is 8.66. The summed E-state index contributed by atoms with van der Waals surface area (Å²) in [5, 5.41) is 10.7. The maximum absolute atomic E-state index is 10.7. The van der Waals surface area contributed by atoms with Crippen LogP contribution in [0.3, 0.4) is 0 Å². The van der Waals surface area contributed by atoms with Gasteiger partial charge in [0.1, 0.15) is 19.3 Å². The Morgan fingerprint density at radius 1 is 1.05 bits per heavy atom. The zero-order valence-electron chi connectivity index (χ0n) is 12.1. The molecule has 1 N–H and O–H groups in total. The fraction of sp³-hybridized carbons (Fsp3) is 0.529. The van der Waals surface area contributed by atoms with Gasteiger partial charge >= 0.3 is 0 Å². The molecule has 0 aromatic heterocycles. The van der Waals surface area contributed by atoms with Crippen molar-refractivity contribution in [2.75, 3.05) is 13.2 Å². The quantitative estimate of drug-likeness (QED) is 0.794. The van der Waals surface area contributed by atoms with Crippen molar-refractivity contribution in [1.82, 2.24) is 0 Å². The first kappa shape index (κ1) is 14.9. The molecule has 1 unspecified atom stereocenters. The minimum atomic E-state index is -0.546. The molecule has 1 aromatic carbocycles. The first-order valence-electron chi connectivity index (χ1n) is 7.72. The Labute approximate surface area is 134 Å². The number of aliphatic hydroxyl groups excluding tert-OH is 1. The maximum atomic E-state index is 10.7. The van der Waals surface area contributed by atoms with Gasteiger partial charge in [-0.05, 0) is 64.9 Å². The lowest BCUT2D eigenvalue weighted by atomic mass is 9.92. The molecule has 1 heterocycles. The molecule has 0 fully saturated rings. The van der Waals surface area contributed by atoms with Crippen LogP contribution in [0.1, 0.15) is 50.2 Å². The predicted molar refractivity (Wildman–Crippen MR) is 85.9 cm³/mol. The van der Waals surface area contributed by atoms with Crippen molar-refractivity contribution in [2.45, 2.75) is 44.6 Å². The molecule has 3 rings (SSSR count). The maximum Gasteiger partial charge on any atom is 0.175 e. The van der Waals surface area contributed by atoms with Crippen LogP contribution < -0.4 is 9.47 Å². The first-order chi connectivity index (χ1) is 10.3. The van der Waals surface area contributed by atoms with E-state index in [0.717, 1.165) is 46.4 Å². The lowest BCUT2D eigenvalue weighted by molar-refractivity contribution is 0.168.